The van der Waals surface area contributed by atoms with Crippen molar-refractivity contribution >= 4 is 5.82 Å². The first-order valence-electron chi connectivity index (χ1n) is 5.40. The number of hydrogen-bond acceptors (Lipinski definition) is 5. The number of nitrogens with one attached hydrogen (secondary N) is 1. The average Bonchev–Trinajstić information content (AvgIpc) is 2.86. The van der Waals surface area contributed by atoms with Crippen LogP contribution in [0.4, 0.5) is 19.0 Å². The molecule has 2 aromatic rings. The molecule has 0 spiro atoms. The molecule has 3 N–H and O–H groups in total. The van der Waals surface area contributed by atoms with Crippen LogP contribution >= 0.6 is 0 Å². The Bertz CT molecular complexity index is 577. The molecule has 0 aliphatic carbocycles. The second kappa shape index (κ2) is 4.84. The van der Waals surface area contributed by atoms with Gasteiger partial charge in [-0.25, -0.2) is 20.5 Å². The highest BCUT2D eigenvalue weighted by atomic mass is 19.4. The second-order valence-corrected chi connectivity index (χ2v) is 3.69. The summed E-state index contributed by atoms with van der Waals surface area (Å²) in [7, 11) is 0. The molecule has 0 bridgehead atoms. The van der Waals surface area contributed by atoms with Crippen LogP contribution < -0.4 is 11.3 Å². The van der Waals surface area contributed by atoms with Gasteiger partial charge in [0.1, 0.15) is 12.1 Å². The third-order valence-electron chi connectivity index (χ3n) is 2.54. The van der Waals surface area contributed by atoms with Gasteiger partial charge in [-0.3, -0.25) is 0 Å². The number of hydrogen-bond donors (Lipinski definition) is 2. The zero-order chi connectivity index (χ0) is 14.0. The van der Waals surface area contributed by atoms with E-state index in [1.807, 2.05) is 6.92 Å². The number of hydrazine groups is 1. The molecule has 2 rings (SSSR count). The predicted molar refractivity (Wildman–Crippen MR) is 61.3 cm³/mol. The van der Waals surface area contributed by atoms with Gasteiger partial charge >= 0.3 is 6.18 Å². The predicted octanol–water partition coefficient (Wildman–Crippen LogP) is 1.53. The van der Waals surface area contributed by atoms with Crippen molar-refractivity contribution in [1.82, 2.24) is 19.7 Å². The molecular weight excluding hydrogens is 261 g/mol. The Labute approximate surface area is 106 Å². The molecule has 102 valence electrons. The van der Waals surface area contributed by atoms with Gasteiger partial charge in [-0.15, -0.1) is 0 Å². The Kier molecular flexibility index (Phi) is 3.38. The highest BCUT2D eigenvalue weighted by Gasteiger charge is 2.32. The molecule has 2 aromatic heterocycles. The molecule has 0 atom stereocenters. The van der Waals surface area contributed by atoms with E-state index in [1.54, 1.807) is 0 Å². The van der Waals surface area contributed by atoms with Crippen molar-refractivity contribution in [3.05, 3.63) is 29.8 Å². The fourth-order valence-corrected chi connectivity index (χ4v) is 1.64. The molecular formula is C10H11F3N6. The monoisotopic (exact) mass is 272 g/mol. The Morgan fingerprint density at radius 2 is 2.11 bits per heavy atom. The average molecular weight is 272 g/mol. The summed E-state index contributed by atoms with van der Waals surface area (Å²) in [5.74, 6) is 5.92. The first-order valence-corrected chi connectivity index (χ1v) is 5.40. The lowest BCUT2D eigenvalue weighted by molar-refractivity contribution is -0.137. The maximum atomic E-state index is 12.5. The van der Waals surface area contributed by atoms with Crippen LogP contribution in [0.5, 0.6) is 0 Å². The Hall–Kier alpha value is -2.16. The molecule has 2 heterocycles. The van der Waals surface area contributed by atoms with Crippen molar-refractivity contribution in [2.45, 2.75) is 19.5 Å². The number of halogens is 3. The van der Waals surface area contributed by atoms with E-state index in [2.05, 4.69) is 20.5 Å². The minimum Gasteiger partial charge on any atom is -0.308 e. The number of nitrogen functional groups attached to an aromatic ring is 1. The van der Waals surface area contributed by atoms with E-state index in [4.69, 9.17) is 5.84 Å². The van der Waals surface area contributed by atoms with Crippen LogP contribution in [0.2, 0.25) is 0 Å². The molecule has 0 aliphatic heterocycles. The van der Waals surface area contributed by atoms with E-state index < -0.39 is 11.7 Å². The quantitative estimate of drug-likeness (QED) is 0.654. The topological polar surface area (TPSA) is 81.6 Å². The second-order valence-electron chi connectivity index (χ2n) is 3.69. The minimum absolute atomic E-state index is 0.265. The first-order chi connectivity index (χ1) is 8.97. The number of aromatic nitrogens is 4. The number of anilines is 1. The lowest BCUT2D eigenvalue weighted by atomic mass is 10.2. The molecule has 0 saturated carbocycles. The van der Waals surface area contributed by atoms with Gasteiger partial charge in [0.05, 0.1) is 11.8 Å². The normalized spacial score (nSPS) is 11.6. The molecule has 19 heavy (non-hydrogen) atoms. The van der Waals surface area contributed by atoms with Gasteiger partial charge in [-0.05, 0) is 6.42 Å². The minimum atomic E-state index is -4.44. The lowest BCUT2D eigenvalue weighted by Crippen LogP contribution is -2.14. The Morgan fingerprint density at radius 1 is 1.37 bits per heavy atom. The molecule has 0 radical (unpaired) electrons. The Balaban J connectivity index is 2.50. The van der Waals surface area contributed by atoms with Crippen LogP contribution in [-0.4, -0.2) is 19.7 Å². The standard InChI is InChI=1S/C10H11F3N6/c1-2-7-8(18-14)15-5-16-9(7)19-4-6(3-17-19)10(11,12)13/h3-5H,2,14H2,1H3,(H,15,16,18). The third-order valence-corrected chi connectivity index (χ3v) is 2.54. The summed E-state index contributed by atoms with van der Waals surface area (Å²) in [6.45, 7) is 1.82. The smallest absolute Gasteiger partial charge is 0.308 e. The van der Waals surface area contributed by atoms with Crippen molar-refractivity contribution < 1.29 is 13.2 Å². The molecule has 0 saturated heterocycles. The maximum Gasteiger partial charge on any atom is 0.419 e. The van der Waals surface area contributed by atoms with Crippen molar-refractivity contribution in [3.8, 4) is 5.82 Å². The van der Waals surface area contributed by atoms with Gasteiger partial charge in [0.15, 0.2) is 5.82 Å². The number of nitrogens with zero attached hydrogens (tertiary/aromatic N) is 4. The summed E-state index contributed by atoms with van der Waals surface area (Å²) < 4.78 is 38.6. The van der Waals surface area contributed by atoms with Gasteiger partial charge < -0.3 is 5.43 Å². The maximum absolute atomic E-state index is 12.5. The van der Waals surface area contributed by atoms with Crippen molar-refractivity contribution in [3.63, 3.8) is 0 Å². The van der Waals surface area contributed by atoms with E-state index in [0.29, 0.717) is 17.8 Å². The van der Waals surface area contributed by atoms with Crippen molar-refractivity contribution in [1.29, 1.82) is 0 Å². The van der Waals surface area contributed by atoms with Gasteiger partial charge in [-0.2, -0.15) is 18.3 Å². The summed E-state index contributed by atoms with van der Waals surface area (Å²) in [6.07, 6.45) is -1.11. The van der Waals surface area contributed by atoms with Gasteiger partial charge in [0, 0.05) is 11.8 Å². The number of rotatable bonds is 3. The largest absolute Gasteiger partial charge is 0.419 e. The molecule has 0 aliphatic rings. The number of alkyl halides is 3. The van der Waals surface area contributed by atoms with E-state index in [-0.39, 0.29) is 5.82 Å². The highest BCUT2D eigenvalue weighted by molar-refractivity contribution is 5.50. The highest BCUT2D eigenvalue weighted by Crippen LogP contribution is 2.29. The fraction of sp³-hybridized carbons (Fsp3) is 0.300. The van der Waals surface area contributed by atoms with Gasteiger partial charge in [0.25, 0.3) is 0 Å². The van der Waals surface area contributed by atoms with E-state index in [0.717, 1.165) is 17.1 Å². The summed E-state index contributed by atoms with van der Waals surface area (Å²) in [6, 6.07) is 0. The Morgan fingerprint density at radius 3 is 2.63 bits per heavy atom. The van der Waals surface area contributed by atoms with Crippen LogP contribution in [0, 0.1) is 0 Å². The van der Waals surface area contributed by atoms with Crippen LogP contribution in [0.1, 0.15) is 18.1 Å². The summed E-state index contributed by atoms with van der Waals surface area (Å²) >= 11 is 0. The molecule has 0 aromatic carbocycles. The SMILES string of the molecule is CCc1c(NN)ncnc1-n1cc(C(F)(F)F)cn1. The van der Waals surface area contributed by atoms with Crippen LogP contribution in [0.3, 0.4) is 0 Å². The molecule has 0 amide bonds. The van der Waals surface area contributed by atoms with E-state index >= 15 is 0 Å². The van der Waals surface area contributed by atoms with Crippen molar-refractivity contribution in [2.75, 3.05) is 5.43 Å². The van der Waals surface area contributed by atoms with Gasteiger partial charge in [0.2, 0.25) is 0 Å². The molecule has 6 nitrogen and oxygen atoms in total. The molecule has 0 unspecified atom stereocenters. The number of nitrogens with two attached hydrogens (primary N) is 1. The van der Waals surface area contributed by atoms with E-state index in [1.165, 1.54) is 6.33 Å². The van der Waals surface area contributed by atoms with Crippen molar-refractivity contribution in [2.24, 2.45) is 5.84 Å². The summed E-state index contributed by atoms with van der Waals surface area (Å²) in [4.78, 5) is 7.85. The van der Waals surface area contributed by atoms with E-state index in [9.17, 15) is 13.2 Å². The zero-order valence-corrected chi connectivity index (χ0v) is 9.94. The van der Waals surface area contributed by atoms with Crippen LogP contribution in [0.25, 0.3) is 5.82 Å². The summed E-state index contributed by atoms with van der Waals surface area (Å²) in [5.41, 5.74) is 2.13. The fourth-order valence-electron chi connectivity index (χ4n) is 1.64. The van der Waals surface area contributed by atoms with Crippen LogP contribution in [0.15, 0.2) is 18.7 Å². The van der Waals surface area contributed by atoms with Gasteiger partial charge in [-0.1, -0.05) is 6.92 Å². The summed E-state index contributed by atoms with van der Waals surface area (Å²) in [5, 5.41) is 3.67. The molecule has 9 heteroatoms. The first kappa shape index (κ1) is 13.3. The third kappa shape index (κ3) is 2.50. The lowest BCUT2D eigenvalue weighted by Gasteiger charge is -2.10. The zero-order valence-electron chi connectivity index (χ0n) is 9.94. The molecule has 0 fully saturated rings. The van der Waals surface area contributed by atoms with Crippen LogP contribution in [-0.2, 0) is 12.6 Å².